The molecule has 6 heteroatoms. The molecule has 2 aliphatic rings. The molecule has 2 amide bonds. The lowest BCUT2D eigenvalue weighted by Gasteiger charge is -2.37. The number of hydrogen-bond acceptors (Lipinski definition) is 4. The third-order valence-corrected chi connectivity index (χ3v) is 4.43. The maximum atomic E-state index is 12.5. The van der Waals surface area contributed by atoms with Crippen molar-refractivity contribution in [3.63, 3.8) is 0 Å². The molecule has 6 nitrogen and oxygen atoms in total. The molecule has 0 atom stereocenters. The maximum absolute atomic E-state index is 12.5. The van der Waals surface area contributed by atoms with Crippen molar-refractivity contribution in [1.82, 2.24) is 10.2 Å². The highest BCUT2D eigenvalue weighted by Gasteiger charge is 2.43. The maximum Gasteiger partial charge on any atom is 0.407 e. The summed E-state index contributed by atoms with van der Waals surface area (Å²) in [5.74, 6) is 0.815. The van der Waals surface area contributed by atoms with Crippen LogP contribution in [0.25, 0.3) is 0 Å². The summed E-state index contributed by atoms with van der Waals surface area (Å²) in [6.07, 6.45) is 1.34. The van der Waals surface area contributed by atoms with Crippen molar-refractivity contribution < 1.29 is 19.1 Å². The van der Waals surface area contributed by atoms with Crippen LogP contribution < -0.4 is 10.1 Å². The topological polar surface area (TPSA) is 67.9 Å². The number of alkyl carbamates (subject to hydrolysis) is 1. The number of hydrogen-bond donors (Lipinski definition) is 1. The van der Waals surface area contributed by atoms with Crippen LogP contribution in [-0.2, 0) is 16.0 Å². The summed E-state index contributed by atoms with van der Waals surface area (Å²) in [6.45, 7) is 1.77. The summed E-state index contributed by atoms with van der Waals surface area (Å²) in [5, 5.41) is 2.70. The van der Waals surface area contributed by atoms with E-state index in [9.17, 15) is 9.59 Å². The number of amides is 2. The average molecular weight is 304 g/mol. The van der Waals surface area contributed by atoms with Crippen LogP contribution in [0.2, 0.25) is 0 Å². The Balaban J connectivity index is 1.59. The van der Waals surface area contributed by atoms with E-state index in [0.29, 0.717) is 38.9 Å². The van der Waals surface area contributed by atoms with E-state index in [0.717, 1.165) is 11.3 Å². The zero-order valence-corrected chi connectivity index (χ0v) is 12.6. The number of nitrogens with one attached hydrogen (secondary N) is 1. The molecular formula is C16H20N2O4. The summed E-state index contributed by atoms with van der Waals surface area (Å²) in [7, 11) is 1.61. The lowest BCUT2D eigenvalue weighted by atomic mass is 9.91. The van der Waals surface area contributed by atoms with Gasteiger partial charge in [-0.25, -0.2) is 4.79 Å². The first kappa shape index (κ1) is 14.7. The molecule has 22 heavy (non-hydrogen) atoms. The first-order valence-corrected chi connectivity index (χ1v) is 7.48. The van der Waals surface area contributed by atoms with Crippen LogP contribution in [-0.4, -0.2) is 49.2 Å². The van der Waals surface area contributed by atoms with Crippen molar-refractivity contribution in [3.05, 3.63) is 29.8 Å². The van der Waals surface area contributed by atoms with E-state index in [1.165, 1.54) is 0 Å². The minimum Gasteiger partial charge on any atom is -0.496 e. The first-order valence-electron chi connectivity index (χ1n) is 7.48. The van der Waals surface area contributed by atoms with Crippen LogP contribution in [0.15, 0.2) is 24.3 Å². The molecule has 2 saturated heterocycles. The van der Waals surface area contributed by atoms with Crippen molar-refractivity contribution in [2.24, 2.45) is 0 Å². The van der Waals surface area contributed by atoms with E-state index < -0.39 is 5.60 Å². The van der Waals surface area contributed by atoms with E-state index in [4.69, 9.17) is 9.47 Å². The molecule has 2 heterocycles. The number of piperidine rings is 1. The quantitative estimate of drug-likeness (QED) is 0.915. The number of benzene rings is 1. The summed E-state index contributed by atoms with van der Waals surface area (Å²) in [6, 6.07) is 7.56. The van der Waals surface area contributed by atoms with Crippen molar-refractivity contribution >= 4 is 12.0 Å². The molecular weight excluding hydrogens is 284 g/mol. The van der Waals surface area contributed by atoms with Crippen molar-refractivity contribution in [3.8, 4) is 5.75 Å². The predicted molar refractivity (Wildman–Crippen MR) is 79.7 cm³/mol. The van der Waals surface area contributed by atoms with Gasteiger partial charge in [0.25, 0.3) is 0 Å². The molecule has 0 saturated carbocycles. The fourth-order valence-electron chi connectivity index (χ4n) is 3.07. The molecule has 0 unspecified atom stereocenters. The second-order valence-electron chi connectivity index (χ2n) is 5.80. The molecule has 2 aliphatic heterocycles. The number of para-hydroxylation sites is 1. The second-order valence-corrected chi connectivity index (χ2v) is 5.80. The predicted octanol–water partition coefficient (Wildman–Crippen LogP) is 1.34. The monoisotopic (exact) mass is 304 g/mol. The highest BCUT2D eigenvalue weighted by atomic mass is 16.6. The van der Waals surface area contributed by atoms with Crippen LogP contribution in [0.3, 0.4) is 0 Å². The Bertz CT molecular complexity index is 579. The molecule has 0 radical (unpaired) electrons. The smallest absolute Gasteiger partial charge is 0.407 e. The van der Waals surface area contributed by atoms with Crippen LogP contribution >= 0.6 is 0 Å². The van der Waals surface area contributed by atoms with E-state index in [1.807, 2.05) is 29.2 Å². The van der Waals surface area contributed by atoms with Crippen molar-refractivity contribution in [2.45, 2.75) is 24.9 Å². The number of likely N-dealkylation sites (tertiary alicyclic amines) is 1. The van der Waals surface area contributed by atoms with Gasteiger partial charge in [-0.15, -0.1) is 0 Å². The van der Waals surface area contributed by atoms with Gasteiger partial charge in [-0.1, -0.05) is 18.2 Å². The number of methoxy groups -OCH3 is 1. The van der Waals surface area contributed by atoms with Crippen molar-refractivity contribution in [2.75, 3.05) is 26.7 Å². The average Bonchev–Trinajstić information content (AvgIpc) is 2.89. The van der Waals surface area contributed by atoms with Gasteiger partial charge < -0.3 is 19.7 Å². The van der Waals surface area contributed by atoms with E-state index >= 15 is 0 Å². The highest BCUT2D eigenvalue weighted by Crippen LogP contribution is 2.29. The van der Waals surface area contributed by atoms with Gasteiger partial charge in [0.15, 0.2) is 0 Å². The van der Waals surface area contributed by atoms with Gasteiger partial charge >= 0.3 is 6.09 Å². The number of ether oxygens (including phenoxy) is 2. The van der Waals surface area contributed by atoms with Crippen LogP contribution in [0.1, 0.15) is 18.4 Å². The SMILES string of the molecule is COc1ccccc1CC(=O)N1CCC2(CC1)CNC(=O)O2. The van der Waals surface area contributed by atoms with Gasteiger partial charge in [0.1, 0.15) is 11.4 Å². The lowest BCUT2D eigenvalue weighted by molar-refractivity contribution is -0.133. The third-order valence-electron chi connectivity index (χ3n) is 4.43. The van der Waals surface area contributed by atoms with Gasteiger partial charge in [0.2, 0.25) is 5.91 Å². The molecule has 0 aliphatic carbocycles. The fourth-order valence-corrected chi connectivity index (χ4v) is 3.07. The summed E-state index contributed by atoms with van der Waals surface area (Å²) in [4.78, 5) is 25.5. The summed E-state index contributed by atoms with van der Waals surface area (Å²) >= 11 is 0. The fraction of sp³-hybridized carbons (Fsp3) is 0.500. The zero-order valence-electron chi connectivity index (χ0n) is 12.6. The minimum atomic E-state index is -0.418. The Kier molecular flexibility index (Phi) is 3.92. The molecule has 1 N–H and O–H groups in total. The lowest BCUT2D eigenvalue weighted by Crippen LogP contribution is -2.48. The zero-order chi connectivity index (χ0) is 15.6. The van der Waals surface area contributed by atoms with Crippen molar-refractivity contribution in [1.29, 1.82) is 0 Å². The van der Waals surface area contributed by atoms with Crippen LogP contribution in [0.4, 0.5) is 4.79 Å². The first-order chi connectivity index (χ1) is 10.6. The Morgan fingerprint density at radius 2 is 2.09 bits per heavy atom. The van der Waals surface area contributed by atoms with Crippen LogP contribution in [0.5, 0.6) is 5.75 Å². The Labute approximate surface area is 129 Å². The number of carbonyl (C=O) groups is 2. The normalized spacial score (nSPS) is 19.7. The van der Waals surface area contributed by atoms with Gasteiger partial charge in [0.05, 0.1) is 20.1 Å². The highest BCUT2D eigenvalue weighted by molar-refractivity contribution is 5.79. The molecule has 1 aromatic carbocycles. The molecule has 118 valence electrons. The Hall–Kier alpha value is -2.24. The van der Waals surface area contributed by atoms with Crippen LogP contribution in [0, 0.1) is 0 Å². The van der Waals surface area contributed by atoms with Gasteiger partial charge in [-0.2, -0.15) is 0 Å². The van der Waals surface area contributed by atoms with Gasteiger partial charge in [-0.3, -0.25) is 4.79 Å². The molecule has 1 aromatic rings. The molecule has 3 rings (SSSR count). The standard InChI is InChI=1S/C16H20N2O4/c1-21-13-5-3-2-4-12(13)10-14(19)18-8-6-16(7-9-18)11-17-15(20)22-16/h2-5H,6-11H2,1H3,(H,17,20). The van der Waals surface area contributed by atoms with Gasteiger partial charge in [0, 0.05) is 31.5 Å². The Morgan fingerprint density at radius 3 is 2.73 bits per heavy atom. The van der Waals surface area contributed by atoms with E-state index in [1.54, 1.807) is 7.11 Å². The van der Waals surface area contributed by atoms with E-state index in [-0.39, 0.29) is 12.0 Å². The third kappa shape index (κ3) is 2.86. The number of nitrogens with zero attached hydrogens (tertiary/aromatic N) is 1. The number of carbonyl (C=O) groups excluding carboxylic acids is 2. The molecule has 0 bridgehead atoms. The van der Waals surface area contributed by atoms with Gasteiger partial charge in [-0.05, 0) is 6.07 Å². The molecule has 0 aromatic heterocycles. The van der Waals surface area contributed by atoms with E-state index in [2.05, 4.69) is 5.32 Å². The largest absolute Gasteiger partial charge is 0.496 e. The second kappa shape index (κ2) is 5.87. The minimum absolute atomic E-state index is 0.0802. The molecule has 2 fully saturated rings. The molecule has 1 spiro atoms. The summed E-state index contributed by atoms with van der Waals surface area (Å²) in [5.41, 5.74) is 0.474. The number of rotatable bonds is 3. The summed E-state index contributed by atoms with van der Waals surface area (Å²) < 4.78 is 10.6. The Morgan fingerprint density at radius 1 is 1.36 bits per heavy atom.